The molecular formula is C8H12Br2O. The van der Waals surface area contributed by atoms with Crippen LogP contribution in [0, 0.1) is 0 Å². The minimum atomic E-state index is -0.582. The van der Waals surface area contributed by atoms with Crippen molar-refractivity contribution in [2.24, 2.45) is 0 Å². The summed E-state index contributed by atoms with van der Waals surface area (Å²) in [7, 11) is 0. The molecule has 0 saturated heterocycles. The van der Waals surface area contributed by atoms with Gasteiger partial charge in [-0.3, -0.25) is 0 Å². The molecule has 1 N–H and O–H groups in total. The van der Waals surface area contributed by atoms with E-state index in [4.69, 9.17) is 0 Å². The molecule has 0 bridgehead atoms. The number of hydrogen-bond acceptors (Lipinski definition) is 1. The lowest BCUT2D eigenvalue weighted by molar-refractivity contribution is 0.0486. The third-order valence-corrected chi connectivity index (χ3v) is 4.26. The molecule has 1 aliphatic rings. The van der Waals surface area contributed by atoms with Gasteiger partial charge in [0.25, 0.3) is 0 Å². The van der Waals surface area contributed by atoms with Gasteiger partial charge in [-0.2, -0.15) is 0 Å². The highest BCUT2D eigenvalue weighted by Gasteiger charge is 2.31. The van der Waals surface area contributed by atoms with Gasteiger partial charge >= 0.3 is 0 Å². The first kappa shape index (κ1) is 9.75. The van der Waals surface area contributed by atoms with Crippen LogP contribution in [0.15, 0.2) is 9.47 Å². The molecule has 1 nitrogen and oxygen atoms in total. The minimum Gasteiger partial charge on any atom is -0.385 e. The smallest absolute Gasteiger partial charge is 0.0965 e. The van der Waals surface area contributed by atoms with E-state index in [2.05, 4.69) is 31.9 Å². The van der Waals surface area contributed by atoms with Crippen LogP contribution in [-0.4, -0.2) is 10.7 Å². The number of rotatable bonds is 1. The average molecular weight is 284 g/mol. The molecule has 1 aliphatic carbocycles. The summed E-state index contributed by atoms with van der Waals surface area (Å²) < 4.78 is 0.879. The quantitative estimate of drug-likeness (QED) is 0.783. The van der Waals surface area contributed by atoms with E-state index in [9.17, 15) is 5.11 Å². The Balaban J connectivity index is 2.64. The van der Waals surface area contributed by atoms with Crippen LogP contribution in [0.1, 0.15) is 32.1 Å². The van der Waals surface area contributed by atoms with Crippen LogP contribution in [0.4, 0.5) is 0 Å². The Kier molecular flexibility index (Phi) is 3.59. The van der Waals surface area contributed by atoms with Gasteiger partial charge < -0.3 is 5.11 Å². The van der Waals surface area contributed by atoms with E-state index in [1.807, 2.05) is 0 Å². The van der Waals surface area contributed by atoms with Gasteiger partial charge in [0.2, 0.25) is 0 Å². The zero-order valence-electron chi connectivity index (χ0n) is 6.32. The zero-order valence-corrected chi connectivity index (χ0v) is 9.49. The summed E-state index contributed by atoms with van der Waals surface area (Å²) in [6.45, 7) is 0. The summed E-state index contributed by atoms with van der Waals surface area (Å²) in [6, 6.07) is 0. The second kappa shape index (κ2) is 4.06. The molecule has 1 fully saturated rings. The lowest BCUT2D eigenvalue weighted by Crippen LogP contribution is -2.31. The lowest BCUT2D eigenvalue weighted by Gasteiger charge is -2.31. The van der Waals surface area contributed by atoms with E-state index < -0.39 is 5.60 Å². The summed E-state index contributed by atoms with van der Waals surface area (Å²) in [6.07, 6.45) is 5.29. The van der Waals surface area contributed by atoms with Gasteiger partial charge in [0.1, 0.15) is 0 Å². The Morgan fingerprint density at radius 1 is 1.27 bits per heavy atom. The standard InChI is InChI=1S/C8H12Br2O/c9-6-7(10)8(11)4-2-1-3-5-8/h6,11H,1-5H2/b7-6-. The summed E-state index contributed by atoms with van der Waals surface area (Å²) in [4.78, 5) is 1.76. The average Bonchev–Trinajstić information content (AvgIpc) is 2.04. The van der Waals surface area contributed by atoms with E-state index in [0.717, 1.165) is 30.2 Å². The van der Waals surface area contributed by atoms with Crippen LogP contribution in [0.3, 0.4) is 0 Å². The zero-order chi connectivity index (χ0) is 8.32. The Hall–Kier alpha value is 0.660. The van der Waals surface area contributed by atoms with E-state index in [1.165, 1.54) is 6.42 Å². The highest BCUT2D eigenvalue weighted by Crippen LogP contribution is 2.37. The fourth-order valence-electron chi connectivity index (χ4n) is 1.48. The minimum absolute atomic E-state index is 0.582. The predicted molar refractivity (Wildman–Crippen MR) is 54.0 cm³/mol. The van der Waals surface area contributed by atoms with Gasteiger partial charge in [-0.15, -0.1) is 0 Å². The highest BCUT2D eigenvalue weighted by molar-refractivity contribution is 9.14. The molecule has 0 unspecified atom stereocenters. The molecule has 0 amide bonds. The summed E-state index contributed by atoms with van der Waals surface area (Å²) in [5.41, 5.74) is -0.582. The topological polar surface area (TPSA) is 20.2 Å². The van der Waals surface area contributed by atoms with Crippen LogP contribution in [-0.2, 0) is 0 Å². The van der Waals surface area contributed by atoms with Gasteiger partial charge in [-0.1, -0.05) is 51.1 Å². The van der Waals surface area contributed by atoms with Crippen molar-refractivity contribution in [1.82, 2.24) is 0 Å². The first-order valence-corrected chi connectivity index (χ1v) is 5.59. The van der Waals surface area contributed by atoms with Gasteiger partial charge in [0.15, 0.2) is 0 Å². The predicted octanol–water partition coefficient (Wildman–Crippen LogP) is 3.31. The summed E-state index contributed by atoms with van der Waals surface area (Å²) in [5, 5.41) is 9.99. The van der Waals surface area contributed by atoms with Crippen molar-refractivity contribution in [3.8, 4) is 0 Å². The third-order valence-electron chi connectivity index (χ3n) is 2.22. The normalized spacial score (nSPS) is 25.2. The summed E-state index contributed by atoms with van der Waals surface area (Å²) >= 11 is 6.58. The van der Waals surface area contributed by atoms with Gasteiger partial charge in [0.05, 0.1) is 5.60 Å². The highest BCUT2D eigenvalue weighted by atomic mass is 79.9. The van der Waals surface area contributed by atoms with Crippen LogP contribution in [0.5, 0.6) is 0 Å². The Morgan fingerprint density at radius 3 is 2.27 bits per heavy atom. The molecule has 0 aromatic heterocycles. The molecule has 3 heteroatoms. The largest absolute Gasteiger partial charge is 0.385 e. The Bertz CT molecular complexity index is 159. The molecule has 11 heavy (non-hydrogen) atoms. The van der Waals surface area contributed by atoms with Crippen molar-refractivity contribution in [3.05, 3.63) is 9.47 Å². The molecule has 0 aliphatic heterocycles. The number of aliphatic hydroxyl groups is 1. The van der Waals surface area contributed by atoms with E-state index in [1.54, 1.807) is 4.99 Å². The maximum Gasteiger partial charge on any atom is 0.0965 e. The summed E-state index contributed by atoms with van der Waals surface area (Å²) in [5.74, 6) is 0. The molecule has 1 rings (SSSR count). The fourth-order valence-corrected chi connectivity index (χ4v) is 2.30. The van der Waals surface area contributed by atoms with Crippen LogP contribution in [0.25, 0.3) is 0 Å². The molecular weight excluding hydrogens is 272 g/mol. The molecule has 0 aromatic rings. The molecule has 0 atom stereocenters. The molecule has 0 heterocycles. The maximum absolute atomic E-state index is 9.99. The van der Waals surface area contributed by atoms with Gasteiger partial charge in [0, 0.05) is 4.48 Å². The van der Waals surface area contributed by atoms with Crippen molar-refractivity contribution in [2.75, 3.05) is 0 Å². The first-order chi connectivity index (χ1) is 5.19. The second-order valence-corrected chi connectivity index (χ2v) is 4.36. The molecule has 1 saturated carbocycles. The van der Waals surface area contributed by atoms with E-state index in [-0.39, 0.29) is 0 Å². The first-order valence-electron chi connectivity index (χ1n) is 3.88. The molecule has 0 spiro atoms. The van der Waals surface area contributed by atoms with Crippen LogP contribution < -0.4 is 0 Å². The van der Waals surface area contributed by atoms with Crippen molar-refractivity contribution < 1.29 is 5.11 Å². The van der Waals surface area contributed by atoms with Crippen LogP contribution >= 0.6 is 31.9 Å². The lowest BCUT2D eigenvalue weighted by atomic mass is 9.85. The number of hydrogen-bond donors (Lipinski definition) is 1. The molecule has 0 radical (unpaired) electrons. The second-order valence-electron chi connectivity index (χ2n) is 3.05. The fraction of sp³-hybridized carbons (Fsp3) is 0.750. The van der Waals surface area contributed by atoms with Crippen molar-refractivity contribution in [3.63, 3.8) is 0 Å². The van der Waals surface area contributed by atoms with Gasteiger partial charge in [-0.05, 0) is 17.8 Å². The SMILES string of the molecule is OC1(/C(Br)=C/Br)CCCCC1. The van der Waals surface area contributed by atoms with Crippen molar-refractivity contribution in [1.29, 1.82) is 0 Å². The number of halogens is 2. The van der Waals surface area contributed by atoms with Crippen molar-refractivity contribution in [2.45, 2.75) is 37.7 Å². The van der Waals surface area contributed by atoms with E-state index >= 15 is 0 Å². The third kappa shape index (κ3) is 2.30. The Labute approximate surface area is 84.1 Å². The Morgan fingerprint density at radius 2 is 1.82 bits per heavy atom. The monoisotopic (exact) mass is 282 g/mol. The molecule has 0 aromatic carbocycles. The van der Waals surface area contributed by atoms with Crippen LogP contribution in [0.2, 0.25) is 0 Å². The van der Waals surface area contributed by atoms with Crippen molar-refractivity contribution >= 4 is 31.9 Å². The maximum atomic E-state index is 9.99. The van der Waals surface area contributed by atoms with E-state index in [0.29, 0.717) is 0 Å². The molecule has 64 valence electrons. The van der Waals surface area contributed by atoms with Gasteiger partial charge in [-0.25, -0.2) is 0 Å².